The molecule has 3 nitrogen and oxygen atoms in total. The number of nitrogens with one attached hydrogen (secondary N) is 1. The number of H-pyrrole nitrogens is 1. The smallest absolute Gasteiger partial charge is 0.354 e. The van der Waals surface area contributed by atoms with Gasteiger partial charge in [-0.25, -0.2) is 0 Å². The first-order valence-electron chi connectivity index (χ1n) is 4.17. The minimum Gasteiger partial charge on any atom is -0.404 e. The van der Waals surface area contributed by atoms with E-state index >= 15 is 0 Å². The van der Waals surface area contributed by atoms with Crippen molar-refractivity contribution in [3.63, 3.8) is 0 Å². The topological polar surface area (TPSA) is 44.8 Å². The van der Waals surface area contributed by atoms with Gasteiger partial charge < -0.3 is 10.7 Å². The van der Waals surface area contributed by atoms with Gasteiger partial charge in [0.25, 0.3) is 0 Å². The lowest BCUT2D eigenvalue weighted by Crippen LogP contribution is -2.07. The van der Waals surface area contributed by atoms with Crippen molar-refractivity contribution in [3.8, 4) is 0 Å². The lowest BCUT2D eigenvalue weighted by atomic mass is 10.1. The maximum absolute atomic E-state index is 5.40. The molecule has 1 aromatic rings. The van der Waals surface area contributed by atoms with Gasteiger partial charge in [0.15, 0.2) is 6.20 Å². The Labute approximate surface area is 97.5 Å². The Morgan fingerprint density at radius 2 is 2.36 bits per heavy atom. The van der Waals surface area contributed by atoms with E-state index in [-0.39, 0.29) is 0 Å². The van der Waals surface area contributed by atoms with Crippen LogP contribution in [0.3, 0.4) is 0 Å². The fraction of sp³-hybridized carbons (Fsp3) is 0.100. The molecule has 4 heteroatoms. The molecule has 14 heavy (non-hydrogen) atoms. The highest BCUT2D eigenvalue weighted by molar-refractivity contribution is 14.1. The molecule has 0 aliphatic carbocycles. The van der Waals surface area contributed by atoms with Crippen molar-refractivity contribution < 1.29 is 2.79 Å². The van der Waals surface area contributed by atoms with Gasteiger partial charge in [-0.1, -0.05) is 0 Å². The van der Waals surface area contributed by atoms with Gasteiger partial charge in [-0.15, -0.1) is 2.79 Å². The zero-order valence-corrected chi connectivity index (χ0v) is 10.2. The van der Waals surface area contributed by atoms with Crippen LogP contribution in [0.2, 0.25) is 0 Å². The number of aromatic nitrogens is 1. The molecule has 74 valence electrons. The van der Waals surface area contributed by atoms with Crippen molar-refractivity contribution in [3.05, 3.63) is 48.6 Å². The molecule has 1 heterocycles. The number of aromatic amines is 1. The summed E-state index contributed by atoms with van der Waals surface area (Å²) in [5.41, 5.74) is 8.73. The van der Waals surface area contributed by atoms with Crippen molar-refractivity contribution in [2.75, 3.05) is 0 Å². The highest BCUT2D eigenvalue weighted by Crippen LogP contribution is 2.10. The highest BCUT2D eigenvalue weighted by atomic mass is 127. The minimum atomic E-state index is 1.02. The molecule has 0 amide bonds. The van der Waals surface area contributed by atoms with Gasteiger partial charge in [0.05, 0.1) is 5.56 Å². The number of halogens is 1. The van der Waals surface area contributed by atoms with Crippen LogP contribution in [-0.4, -0.2) is 13.5 Å². The Morgan fingerprint density at radius 3 is 2.79 bits per heavy atom. The number of hydrogen-bond donors (Lipinski definition) is 2. The van der Waals surface area contributed by atoms with Gasteiger partial charge in [-0.3, -0.25) is 0 Å². The summed E-state index contributed by atoms with van der Waals surface area (Å²) in [6.45, 7) is 5.76. The maximum Gasteiger partial charge on any atom is 0.354 e. The van der Waals surface area contributed by atoms with E-state index in [0.29, 0.717) is 0 Å². The van der Waals surface area contributed by atoms with Crippen LogP contribution in [0.4, 0.5) is 0 Å². The molecule has 0 spiro atoms. The van der Waals surface area contributed by atoms with Crippen LogP contribution in [-0.2, 0) is 0 Å². The molecule has 0 saturated carbocycles. The maximum atomic E-state index is 5.40. The first-order valence-corrected chi connectivity index (χ1v) is 5.13. The molecule has 1 aromatic heterocycles. The normalized spacial score (nSPS) is 13.0. The van der Waals surface area contributed by atoms with Crippen LogP contribution in [0.25, 0.3) is 0 Å². The summed E-state index contributed by atoms with van der Waals surface area (Å²) in [6, 6.07) is 0. The largest absolute Gasteiger partial charge is 0.404 e. The van der Waals surface area contributed by atoms with Crippen LogP contribution in [0, 0.1) is 6.92 Å². The molecule has 0 aromatic carbocycles. The Kier molecular flexibility index (Phi) is 3.94. The van der Waals surface area contributed by atoms with Crippen LogP contribution >= 0.6 is 22.9 Å². The third kappa shape index (κ3) is 2.25. The standard InChI is InChI=1S/C10H12IN3/c1-3-14(11)10(4-5-12)9-7-13-6-8(9)2/h3-7H,1H2,2H3,(H2,12,13)/p+1. The average Bonchev–Trinajstić information content (AvgIpc) is 2.60. The minimum absolute atomic E-state index is 1.02. The first kappa shape index (κ1) is 11.0. The fourth-order valence-electron chi connectivity index (χ4n) is 1.18. The fourth-order valence-corrected chi connectivity index (χ4v) is 1.60. The predicted octanol–water partition coefficient (Wildman–Crippen LogP) is 2.09. The van der Waals surface area contributed by atoms with E-state index in [1.54, 1.807) is 6.20 Å². The Balaban J connectivity index is 3.27. The Hall–Kier alpha value is -1.04. The third-order valence-electron chi connectivity index (χ3n) is 1.87. The molecule has 0 fully saturated rings. The van der Waals surface area contributed by atoms with E-state index in [1.807, 2.05) is 28.2 Å². The molecule has 0 radical (unpaired) electrons. The highest BCUT2D eigenvalue weighted by Gasteiger charge is 2.13. The summed E-state index contributed by atoms with van der Waals surface area (Å²) in [4.78, 5) is 3.06. The van der Waals surface area contributed by atoms with Gasteiger partial charge in [-0.05, 0) is 19.1 Å². The van der Waals surface area contributed by atoms with Crippen LogP contribution in [0.1, 0.15) is 11.1 Å². The quantitative estimate of drug-likeness (QED) is 0.501. The number of nitrogens with two attached hydrogens (primary N) is 1. The Bertz CT molecular complexity index is 388. The second-order valence-corrected chi connectivity index (χ2v) is 3.83. The van der Waals surface area contributed by atoms with E-state index in [0.717, 1.165) is 11.3 Å². The van der Waals surface area contributed by atoms with Gasteiger partial charge in [0.1, 0.15) is 0 Å². The van der Waals surface area contributed by atoms with Crippen molar-refractivity contribution >= 4 is 28.6 Å². The van der Waals surface area contributed by atoms with Gasteiger partial charge in [-0.2, -0.15) is 0 Å². The number of aryl methyl sites for hydroxylation is 1. The number of rotatable bonds is 3. The number of nitrogens with zero attached hydrogens (tertiary/aromatic N) is 1. The van der Waals surface area contributed by atoms with Crippen molar-refractivity contribution in [1.29, 1.82) is 0 Å². The summed E-state index contributed by atoms with van der Waals surface area (Å²) in [5.74, 6) is 0. The van der Waals surface area contributed by atoms with Crippen LogP contribution in [0.5, 0.6) is 0 Å². The number of hydrogen-bond acceptors (Lipinski definition) is 1. The summed E-state index contributed by atoms with van der Waals surface area (Å²) in [5, 5.41) is 0. The molecule has 0 bridgehead atoms. The summed E-state index contributed by atoms with van der Waals surface area (Å²) in [7, 11) is 0. The van der Waals surface area contributed by atoms with E-state index < -0.39 is 0 Å². The van der Waals surface area contributed by atoms with Crippen molar-refractivity contribution in [2.24, 2.45) is 5.73 Å². The predicted molar refractivity (Wildman–Crippen MR) is 67.4 cm³/mol. The van der Waals surface area contributed by atoms with E-state index in [9.17, 15) is 0 Å². The molecule has 0 atom stereocenters. The second kappa shape index (κ2) is 4.99. The molecule has 3 N–H and O–H groups in total. The summed E-state index contributed by atoms with van der Waals surface area (Å²) < 4.78 is 1.90. The van der Waals surface area contributed by atoms with E-state index in [2.05, 4.69) is 34.4 Å². The van der Waals surface area contributed by atoms with Crippen LogP contribution in [0.15, 0.2) is 37.4 Å². The molecule has 1 rings (SSSR count). The monoisotopic (exact) mass is 302 g/mol. The average molecular weight is 302 g/mol. The van der Waals surface area contributed by atoms with Gasteiger partial charge in [0, 0.05) is 24.7 Å². The van der Waals surface area contributed by atoms with E-state index in [4.69, 9.17) is 5.73 Å². The molecule has 0 aliphatic rings. The zero-order valence-electron chi connectivity index (χ0n) is 8.00. The van der Waals surface area contributed by atoms with E-state index in [1.165, 1.54) is 11.8 Å². The molecular formula is C10H13IN3+. The lowest BCUT2D eigenvalue weighted by Gasteiger charge is -1.95. The summed E-state index contributed by atoms with van der Waals surface area (Å²) >= 11 is 2.17. The van der Waals surface area contributed by atoms with Crippen molar-refractivity contribution in [2.45, 2.75) is 6.92 Å². The van der Waals surface area contributed by atoms with Gasteiger partial charge >= 0.3 is 22.9 Å². The molecule has 0 saturated heterocycles. The zero-order chi connectivity index (χ0) is 10.6. The lowest BCUT2D eigenvalue weighted by molar-refractivity contribution is -0.197. The number of allylic oxidation sites excluding steroid dienone is 1. The Morgan fingerprint density at radius 1 is 1.64 bits per heavy atom. The second-order valence-electron chi connectivity index (χ2n) is 2.79. The molecular weight excluding hydrogens is 289 g/mol. The summed E-state index contributed by atoms with van der Waals surface area (Å²) in [6.07, 6.45) is 9.01. The first-order chi connectivity index (χ1) is 6.70. The van der Waals surface area contributed by atoms with Gasteiger partial charge in [0.2, 0.25) is 5.71 Å². The van der Waals surface area contributed by atoms with Crippen molar-refractivity contribution in [1.82, 2.24) is 4.98 Å². The molecule has 0 aliphatic heterocycles. The van der Waals surface area contributed by atoms with Crippen LogP contribution < -0.4 is 5.73 Å². The third-order valence-corrected chi connectivity index (χ3v) is 2.79. The SMILES string of the molecule is C=C/[N+](I)=C(\C=C/N)c1c[nH]cc1C. The molecule has 0 unspecified atom stereocenters.